The molecule has 0 spiro atoms. The highest BCUT2D eigenvalue weighted by Gasteiger charge is 2.19. The van der Waals surface area contributed by atoms with Crippen molar-refractivity contribution in [2.45, 2.75) is 73.8 Å². The van der Waals surface area contributed by atoms with E-state index >= 15 is 0 Å². The van der Waals surface area contributed by atoms with E-state index in [0.717, 1.165) is 12.8 Å². The lowest BCUT2D eigenvalue weighted by Gasteiger charge is -2.27. The highest BCUT2D eigenvalue weighted by Crippen LogP contribution is 2.28. The summed E-state index contributed by atoms with van der Waals surface area (Å²) in [5.41, 5.74) is 8.98. The van der Waals surface area contributed by atoms with Crippen LogP contribution >= 0.6 is 0 Å². The molecule has 0 bridgehead atoms. The minimum Gasteiger partial charge on any atom is -0.271 e. The summed E-state index contributed by atoms with van der Waals surface area (Å²) in [6.07, 6.45) is 3.38. The molecule has 0 aliphatic heterocycles. The highest BCUT2D eigenvalue weighted by molar-refractivity contribution is 5.38. The molecule has 2 nitrogen and oxygen atoms in total. The van der Waals surface area contributed by atoms with Gasteiger partial charge in [-0.15, -0.1) is 0 Å². The van der Waals surface area contributed by atoms with Crippen molar-refractivity contribution >= 4 is 0 Å². The molecule has 0 saturated heterocycles. The number of aryl methyl sites for hydroxylation is 3. The lowest BCUT2D eigenvalue weighted by molar-refractivity contribution is 0.274. The topological polar surface area (TPSA) is 38.0 Å². The molecule has 2 heteroatoms. The smallest absolute Gasteiger partial charge is 0.0253 e. The summed E-state index contributed by atoms with van der Waals surface area (Å²) in [6.45, 7) is 15.8. The molecular weight excluding hydrogens is 256 g/mol. The van der Waals surface area contributed by atoms with Crippen molar-refractivity contribution in [1.29, 1.82) is 0 Å². The minimum absolute atomic E-state index is 0.349. The van der Waals surface area contributed by atoms with Crippen molar-refractivity contribution in [2.24, 2.45) is 17.2 Å². The lowest BCUT2D eigenvalue weighted by Crippen LogP contribution is -2.38. The summed E-state index contributed by atoms with van der Waals surface area (Å²) in [4.78, 5) is 0. The molecule has 2 unspecified atom stereocenters. The van der Waals surface area contributed by atoms with E-state index in [2.05, 4.69) is 66.0 Å². The van der Waals surface area contributed by atoms with Gasteiger partial charge in [-0.1, -0.05) is 45.4 Å². The Labute approximate surface area is 131 Å². The van der Waals surface area contributed by atoms with Crippen molar-refractivity contribution in [3.8, 4) is 0 Å². The van der Waals surface area contributed by atoms with Gasteiger partial charge in [-0.2, -0.15) is 0 Å². The zero-order valence-electron chi connectivity index (χ0n) is 15.0. The largest absolute Gasteiger partial charge is 0.271 e. The Balaban J connectivity index is 2.75. The number of rotatable bonds is 6. The lowest BCUT2D eigenvalue weighted by atomic mass is 9.82. The summed E-state index contributed by atoms with van der Waals surface area (Å²) in [7, 11) is 0. The third-order valence-corrected chi connectivity index (χ3v) is 4.17. The molecular formula is C19H34N2. The van der Waals surface area contributed by atoms with Crippen molar-refractivity contribution < 1.29 is 0 Å². The number of hydrogen-bond acceptors (Lipinski definition) is 2. The fourth-order valence-electron chi connectivity index (χ4n) is 3.60. The SMILES string of the molecule is Cc1cc(C)c(CC(CC(C)CC(C)(C)C)NN)c(C)c1. The molecule has 0 heterocycles. The Bertz CT molecular complexity index is 434. The van der Waals surface area contributed by atoms with Gasteiger partial charge in [0, 0.05) is 6.04 Å². The summed E-state index contributed by atoms with van der Waals surface area (Å²) in [5, 5.41) is 0. The molecule has 0 aliphatic carbocycles. The Morgan fingerprint density at radius 2 is 1.62 bits per heavy atom. The quantitative estimate of drug-likeness (QED) is 0.600. The van der Waals surface area contributed by atoms with Gasteiger partial charge in [-0.3, -0.25) is 11.3 Å². The van der Waals surface area contributed by atoms with Gasteiger partial charge in [-0.25, -0.2) is 0 Å². The molecule has 1 aromatic carbocycles. The van der Waals surface area contributed by atoms with E-state index in [-0.39, 0.29) is 0 Å². The normalized spacial score (nSPS) is 15.0. The number of benzene rings is 1. The third kappa shape index (κ3) is 6.19. The molecule has 1 rings (SSSR count). The van der Waals surface area contributed by atoms with Crippen LogP contribution in [0.1, 0.15) is 62.8 Å². The predicted octanol–water partition coefficient (Wildman–Crippen LogP) is 4.45. The van der Waals surface area contributed by atoms with Crippen LogP contribution < -0.4 is 11.3 Å². The number of nitrogens with two attached hydrogens (primary N) is 1. The first kappa shape index (κ1) is 18.2. The second-order valence-electron chi connectivity index (χ2n) is 8.05. The first-order valence-electron chi connectivity index (χ1n) is 8.15. The Morgan fingerprint density at radius 1 is 1.10 bits per heavy atom. The van der Waals surface area contributed by atoms with E-state index in [0.29, 0.717) is 17.4 Å². The van der Waals surface area contributed by atoms with Crippen LogP contribution in [0.4, 0.5) is 0 Å². The molecule has 0 amide bonds. The van der Waals surface area contributed by atoms with Crippen LogP contribution in [0.5, 0.6) is 0 Å². The van der Waals surface area contributed by atoms with E-state index in [4.69, 9.17) is 5.84 Å². The van der Waals surface area contributed by atoms with E-state index in [1.54, 1.807) is 0 Å². The fraction of sp³-hybridized carbons (Fsp3) is 0.684. The van der Waals surface area contributed by atoms with Crippen molar-refractivity contribution in [3.05, 3.63) is 34.4 Å². The van der Waals surface area contributed by atoms with Gasteiger partial charge < -0.3 is 0 Å². The average molecular weight is 290 g/mol. The molecule has 0 radical (unpaired) electrons. The molecule has 1 aromatic rings. The molecule has 0 aliphatic rings. The van der Waals surface area contributed by atoms with Gasteiger partial charge in [0.25, 0.3) is 0 Å². The van der Waals surface area contributed by atoms with Gasteiger partial charge in [0.15, 0.2) is 0 Å². The maximum absolute atomic E-state index is 5.81. The van der Waals surface area contributed by atoms with E-state index in [1.165, 1.54) is 28.7 Å². The van der Waals surface area contributed by atoms with E-state index in [9.17, 15) is 0 Å². The average Bonchev–Trinajstić information content (AvgIpc) is 2.29. The van der Waals surface area contributed by atoms with Gasteiger partial charge in [0.05, 0.1) is 0 Å². The maximum atomic E-state index is 5.81. The first-order valence-corrected chi connectivity index (χ1v) is 8.15. The van der Waals surface area contributed by atoms with Crippen molar-refractivity contribution in [1.82, 2.24) is 5.43 Å². The van der Waals surface area contributed by atoms with Crippen LogP contribution in [0.25, 0.3) is 0 Å². The summed E-state index contributed by atoms with van der Waals surface area (Å²) in [5.74, 6) is 6.49. The standard InChI is InChI=1S/C19H34N2/c1-13-8-15(3)18(16(4)9-13)11-17(21-20)10-14(2)12-19(5,6)7/h8-9,14,17,21H,10-12,20H2,1-7H3. The van der Waals surface area contributed by atoms with Crippen LogP contribution in [-0.2, 0) is 6.42 Å². The number of nitrogens with one attached hydrogen (secondary N) is 1. The van der Waals surface area contributed by atoms with E-state index in [1.807, 2.05) is 0 Å². The second kappa shape index (κ2) is 7.42. The van der Waals surface area contributed by atoms with Crippen LogP contribution in [0.3, 0.4) is 0 Å². The molecule has 21 heavy (non-hydrogen) atoms. The van der Waals surface area contributed by atoms with Crippen LogP contribution in [0.2, 0.25) is 0 Å². The zero-order valence-corrected chi connectivity index (χ0v) is 15.0. The highest BCUT2D eigenvalue weighted by atomic mass is 15.2. The van der Waals surface area contributed by atoms with Crippen molar-refractivity contribution in [3.63, 3.8) is 0 Å². The molecule has 0 aromatic heterocycles. The number of hydrazine groups is 1. The van der Waals surface area contributed by atoms with E-state index < -0.39 is 0 Å². The Morgan fingerprint density at radius 3 is 2.05 bits per heavy atom. The maximum Gasteiger partial charge on any atom is 0.0253 e. The zero-order chi connectivity index (χ0) is 16.2. The molecule has 3 N–H and O–H groups in total. The van der Waals surface area contributed by atoms with Gasteiger partial charge >= 0.3 is 0 Å². The molecule has 2 atom stereocenters. The molecule has 0 fully saturated rings. The molecule has 120 valence electrons. The molecule has 0 saturated carbocycles. The van der Waals surface area contributed by atoms with Crippen LogP contribution in [0.15, 0.2) is 12.1 Å². The second-order valence-corrected chi connectivity index (χ2v) is 8.05. The van der Waals surface area contributed by atoms with Gasteiger partial charge in [-0.05, 0) is 68.1 Å². The predicted molar refractivity (Wildman–Crippen MR) is 93.3 cm³/mol. The van der Waals surface area contributed by atoms with Crippen LogP contribution in [-0.4, -0.2) is 6.04 Å². The Kier molecular flexibility index (Phi) is 6.42. The first-order chi connectivity index (χ1) is 9.62. The summed E-state index contributed by atoms with van der Waals surface area (Å²) < 4.78 is 0. The fourth-order valence-corrected chi connectivity index (χ4v) is 3.60. The Hall–Kier alpha value is -0.860. The number of hydrogen-bond donors (Lipinski definition) is 2. The van der Waals surface area contributed by atoms with Gasteiger partial charge in [0.2, 0.25) is 0 Å². The monoisotopic (exact) mass is 290 g/mol. The van der Waals surface area contributed by atoms with Crippen molar-refractivity contribution in [2.75, 3.05) is 0 Å². The summed E-state index contributed by atoms with van der Waals surface area (Å²) >= 11 is 0. The van der Waals surface area contributed by atoms with Crippen LogP contribution in [0, 0.1) is 32.1 Å². The minimum atomic E-state index is 0.349. The van der Waals surface area contributed by atoms with Gasteiger partial charge in [0.1, 0.15) is 0 Å². The third-order valence-electron chi connectivity index (χ3n) is 4.17. The summed E-state index contributed by atoms with van der Waals surface area (Å²) in [6, 6.07) is 4.89.